The summed E-state index contributed by atoms with van der Waals surface area (Å²) in [5, 5.41) is 0. The second-order valence-corrected chi connectivity index (χ2v) is 17.1. The van der Waals surface area contributed by atoms with Crippen LogP contribution in [-0.4, -0.2) is 37.2 Å². The normalized spacial score (nSPS) is 12.5. The van der Waals surface area contributed by atoms with Gasteiger partial charge in [0.05, 0.1) is 0 Å². The minimum absolute atomic E-state index is 0.0988. The Labute approximate surface area is 377 Å². The fourth-order valence-electron chi connectivity index (χ4n) is 7.02. The Hall–Kier alpha value is -2.89. The van der Waals surface area contributed by atoms with E-state index >= 15 is 0 Å². The first-order valence-corrected chi connectivity index (χ1v) is 25.8. The fourth-order valence-corrected chi connectivity index (χ4v) is 7.02. The van der Waals surface area contributed by atoms with Gasteiger partial charge in [0.2, 0.25) is 0 Å². The molecule has 0 saturated heterocycles. The monoisotopic (exact) mass is 853 g/mol. The zero-order chi connectivity index (χ0) is 44.4. The fraction of sp³-hybridized carbons (Fsp3) is 0.764. The Morgan fingerprint density at radius 3 is 1.05 bits per heavy atom. The van der Waals surface area contributed by atoms with Gasteiger partial charge in [0.1, 0.15) is 13.2 Å². The van der Waals surface area contributed by atoms with Gasteiger partial charge in [0, 0.05) is 19.3 Å². The van der Waals surface area contributed by atoms with Gasteiger partial charge < -0.3 is 14.2 Å². The summed E-state index contributed by atoms with van der Waals surface area (Å²) in [5.74, 6) is -0.964. The van der Waals surface area contributed by atoms with Crippen molar-refractivity contribution in [2.45, 2.75) is 258 Å². The van der Waals surface area contributed by atoms with Crippen molar-refractivity contribution in [1.29, 1.82) is 0 Å². The Kier molecular flexibility index (Phi) is 47.4. The van der Waals surface area contributed by atoms with E-state index in [0.717, 1.165) is 70.6 Å². The first kappa shape index (κ1) is 58.1. The van der Waals surface area contributed by atoms with Crippen molar-refractivity contribution in [1.82, 2.24) is 0 Å². The molecule has 0 bridgehead atoms. The third kappa shape index (κ3) is 48.0. The van der Waals surface area contributed by atoms with E-state index in [1.165, 1.54) is 135 Å². The molecule has 0 aliphatic heterocycles. The lowest BCUT2D eigenvalue weighted by Gasteiger charge is -2.18. The number of esters is 3. The second-order valence-electron chi connectivity index (χ2n) is 17.1. The maximum atomic E-state index is 12.8. The van der Waals surface area contributed by atoms with Crippen molar-refractivity contribution in [3.8, 4) is 0 Å². The van der Waals surface area contributed by atoms with Crippen LogP contribution in [-0.2, 0) is 28.6 Å². The molecule has 6 nitrogen and oxygen atoms in total. The van der Waals surface area contributed by atoms with E-state index in [1.54, 1.807) is 0 Å². The molecule has 0 N–H and O–H groups in total. The predicted molar refractivity (Wildman–Crippen MR) is 261 cm³/mol. The molecule has 0 fully saturated rings. The van der Waals surface area contributed by atoms with E-state index in [1.807, 2.05) is 0 Å². The largest absolute Gasteiger partial charge is 0.462 e. The molecule has 0 spiro atoms. The molecule has 0 aromatic heterocycles. The van der Waals surface area contributed by atoms with Crippen LogP contribution in [0.4, 0.5) is 0 Å². The quantitative estimate of drug-likeness (QED) is 0.0263. The highest BCUT2D eigenvalue weighted by Gasteiger charge is 2.19. The van der Waals surface area contributed by atoms with Crippen molar-refractivity contribution in [3.63, 3.8) is 0 Å². The average molecular weight is 853 g/mol. The molecule has 0 heterocycles. The lowest BCUT2D eigenvalue weighted by atomic mass is 10.1. The minimum Gasteiger partial charge on any atom is -0.462 e. The molecule has 0 aromatic rings. The molecule has 0 aliphatic rings. The summed E-state index contributed by atoms with van der Waals surface area (Å²) < 4.78 is 16.7. The molecule has 0 amide bonds. The minimum atomic E-state index is -0.804. The van der Waals surface area contributed by atoms with Crippen molar-refractivity contribution in [2.24, 2.45) is 0 Å². The molecule has 0 aromatic carbocycles. The van der Waals surface area contributed by atoms with Crippen molar-refractivity contribution < 1.29 is 28.6 Å². The molecule has 0 radical (unpaired) electrons. The van der Waals surface area contributed by atoms with Crippen LogP contribution in [0.2, 0.25) is 0 Å². The molecule has 0 unspecified atom stereocenters. The summed E-state index contributed by atoms with van der Waals surface area (Å²) in [4.78, 5) is 37.9. The maximum absolute atomic E-state index is 12.8. The van der Waals surface area contributed by atoms with Gasteiger partial charge in [-0.05, 0) is 96.3 Å². The molecule has 6 heteroatoms. The van der Waals surface area contributed by atoms with E-state index in [0.29, 0.717) is 19.3 Å². The second kappa shape index (κ2) is 49.8. The smallest absolute Gasteiger partial charge is 0.306 e. The summed E-state index contributed by atoms with van der Waals surface area (Å²) in [7, 11) is 0. The number of carbonyl (C=O) groups excluding carboxylic acids is 3. The SMILES string of the molecule is CCCC/C=C\CCCCCCCC(=O)OC[C@@H](COC(=O)CCCCCCCCC/C=C\CCCCCC)OC(=O)CCC/C=C\C/C=C\C/C=C\CCCCCCCC. The van der Waals surface area contributed by atoms with Crippen LogP contribution in [0.1, 0.15) is 252 Å². The summed E-state index contributed by atoms with van der Waals surface area (Å²) >= 11 is 0. The number of unbranched alkanes of at least 4 members (excludes halogenated alkanes) is 25. The third-order valence-electron chi connectivity index (χ3n) is 11.0. The lowest BCUT2D eigenvalue weighted by molar-refractivity contribution is -0.167. The van der Waals surface area contributed by atoms with Gasteiger partial charge in [-0.15, -0.1) is 0 Å². The maximum Gasteiger partial charge on any atom is 0.306 e. The molecule has 0 rings (SSSR count). The van der Waals surface area contributed by atoms with Crippen LogP contribution in [0.25, 0.3) is 0 Å². The molecular formula is C55H96O6. The molecular weight excluding hydrogens is 757 g/mol. The molecule has 0 saturated carbocycles. The highest BCUT2D eigenvalue weighted by Crippen LogP contribution is 2.13. The summed E-state index contributed by atoms with van der Waals surface area (Å²) in [5.41, 5.74) is 0. The predicted octanol–water partition coefficient (Wildman–Crippen LogP) is 16.9. The topological polar surface area (TPSA) is 78.9 Å². The van der Waals surface area contributed by atoms with E-state index < -0.39 is 6.10 Å². The van der Waals surface area contributed by atoms with Crippen LogP contribution < -0.4 is 0 Å². The van der Waals surface area contributed by atoms with Gasteiger partial charge in [-0.3, -0.25) is 14.4 Å². The highest BCUT2D eigenvalue weighted by atomic mass is 16.6. The molecule has 0 aliphatic carbocycles. The zero-order valence-electron chi connectivity index (χ0n) is 40.2. The number of ether oxygens (including phenoxy) is 3. The average Bonchev–Trinajstić information content (AvgIpc) is 3.26. The number of hydrogen-bond acceptors (Lipinski definition) is 6. The van der Waals surface area contributed by atoms with Gasteiger partial charge in [0.15, 0.2) is 6.10 Å². The zero-order valence-corrected chi connectivity index (χ0v) is 40.2. The summed E-state index contributed by atoms with van der Waals surface area (Å²) in [6, 6.07) is 0. The lowest BCUT2D eigenvalue weighted by Crippen LogP contribution is -2.30. The number of allylic oxidation sites excluding steroid dienone is 10. The first-order chi connectivity index (χ1) is 30.0. The Bertz CT molecular complexity index is 1120. The number of rotatable bonds is 46. The van der Waals surface area contributed by atoms with E-state index in [4.69, 9.17) is 14.2 Å². The summed E-state index contributed by atoms with van der Waals surface area (Å²) in [6.07, 6.45) is 60.7. The Morgan fingerprint density at radius 1 is 0.328 bits per heavy atom. The molecule has 1 atom stereocenters. The van der Waals surface area contributed by atoms with Gasteiger partial charge in [0.25, 0.3) is 0 Å². The number of carbonyl (C=O) groups is 3. The highest BCUT2D eigenvalue weighted by molar-refractivity contribution is 5.71. The van der Waals surface area contributed by atoms with E-state index in [9.17, 15) is 14.4 Å². The van der Waals surface area contributed by atoms with Crippen molar-refractivity contribution >= 4 is 17.9 Å². The van der Waals surface area contributed by atoms with E-state index in [2.05, 4.69) is 81.5 Å². The molecule has 352 valence electrons. The standard InChI is InChI=1S/C55H96O6/c1-4-7-10-13-16-19-22-24-26-27-29-31-34-37-40-43-46-49-55(58)61-52(50-59-53(56)47-44-41-38-35-32-21-18-15-12-9-6-3)51-60-54(57)48-45-42-39-36-33-30-28-25-23-20-17-14-11-8-5-2/h15,18,20,23-24,26,29,31,37,40,52H,4-14,16-17,19,21-22,25,27-28,30,32-36,38-39,41-51H2,1-3H3/b18-15-,23-20-,26-24-,31-29-,40-37-/t52-/m0/s1. The van der Waals surface area contributed by atoms with Crippen molar-refractivity contribution in [2.75, 3.05) is 13.2 Å². The van der Waals surface area contributed by atoms with Crippen molar-refractivity contribution in [3.05, 3.63) is 60.8 Å². The first-order valence-electron chi connectivity index (χ1n) is 25.8. The Balaban J connectivity index is 4.46. The van der Waals surface area contributed by atoms with Gasteiger partial charge in [-0.25, -0.2) is 0 Å². The van der Waals surface area contributed by atoms with Gasteiger partial charge in [-0.1, -0.05) is 197 Å². The van der Waals surface area contributed by atoms with Crippen LogP contribution in [0.3, 0.4) is 0 Å². The third-order valence-corrected chi connectivity index (χ3v) is 11.0. The van der Waals surface area contributed by atoms with Crippen LogP contribution in [0.15, 0.2) is 60.8 Å². The van der Waals surface area contributed by atoms with E-state index in [-0.39, 0.29) is 37.5 Å². The Morgan fingerprint density at radius 2 is 0.623 bits per heavy atom. The van der Waals surface area contributed by atoms with Gasteiger partial charge >= 0.3 is 17.9 Å². The van der Waals surface area contributed by atoms with Crippen LogP contribution in [0.5, 0.6) is 0 Å². The number of hydrogen-bond donors (Lipinski definition) is 0. The van der Waals surface area contributed by atoms with Crippen LogP contribution in [0, 0.1) is 0 Å². The van der Waals surface area contributed by atoms with Crippen LogP contribution >= 0.6 is 0 Å². The summed E-state index contributed by atoms with van der Waals surface area (Å²) in [6.45, 7) is 6.53. The molecule has 61 heavy (non-hydrogen) atoms. The van der Waals surface area contributed by atoms with Gasteiger partial charge in [-0.2, -0.15) is 0 Å².